The molecule has 74 valence electrons. The van der Waals surface area contributed by atoms with Crippen molar-refractivity contribution in [3.05, 3.63) is 35.9 Å². The number of likely N-dealkylation sites (N-methyl/N-ethyl adjacent to an activating group) is 1. The number of hydrogen-bond donors (Lipinski definition) is 0. The van der Waals surface area contributed by atoms with Crippen LogP contribution in [-0.2, 0) is 9.05 Å². The van der Waals surface area contributed by atoms with Gasteiger partial charge in [-0.15, -0.1) is 0 Å². The zero-order valence-electron chi connectivity index (χ0n) is 7.62. The molecule has 13 heavy (non-hydrogen) atoms. The van der Waals surface area contributed by atoms with Crippen molar-refractivity contribution in [1.29, 1.82) is 0 Å². The summed E-state index contributed by atoms with van der Waals surface area (Å²) in [7, 11) is 4.92. The molecule has 0 saturated heterocycles. The van der Waals surface area contributed by atoms with Gasteiger partial charge < -0.3 is 4.90 Å². The van der Waals surface area contributed by atoms with Crippen molar-refractivity contribution in [3.63, 3.8) is 0 Å². The molecule has 0 unspecified atom stereocenters. The maximum Gasteiger partial charge on any atom is 0.260 e. The average Bonchev–Trinajstić information content (AvgIpc) is 1.97. The lowest BCUT2D eigenvalue weighted by atomic mass is 10.4. The number of rotatable bonds is 4. The Kier molecular flexibility index (Phi) is 4.23. The summed E-state index contributed by atoms with van der Waals surface area (Å²) in [6, 6.07) is 0. The fraction of sp³-hybridized carbons (Fsp3) is 0.250. The van der Waals surface area contributed by atoms with Crippen LogP contribution in [0, 0.1) is 0 Å². The van der Waals surface area contributed by atoms with E-state index in [4.69, 9.17) is 10.7 Å². The van der Waals surface area contributed by atoms with Crippen LogP contribution in [0.4, 0.5) is 0 Å². The topological polar surface area (TPSA) is 37.4 Å². The zero-order chi connectivity index (χ0) is 10.6. The van der Waals surface area contributed by atoms with E-state index in [9.17, 15) is 8.42 Å². The predicted molar refractivity (Wildman–Crippen MR) is 55.9 cm³/mol. The monoisotopic (exact) mass is 221 g/mol. The van der Waals surface area contributed by atoms with Crippen molar-refractivity contribution in [3.8, 4) is 0 Å². The van der Waals surface area contributed by atoms with E-state index < -0.39 is 9.05 Å². The fourth-order valence-corrected chi connectivity index (χ4v) is 0.804. The molecule has 0 bridgehead atoms. The molecule has 0 saturated carbocycles. The summed E-state index contributed by atoms with van der Waals surface area (Å²) in [4.78, 5) is 1.60. The highest BCUT2D eigenvalue weighted by Crippen LogP contribution is 2.11. The highest BCUT2D eigenvalue weighted by molar-refractivity contribution is 8.16. The Morgan fingerprint density at radius 1 is 1.31 bits per heavy atom. The summed E-state index contributed by atoms with van der Waals surface area (Å²) in [5.74, 6) is 0. The van der Waals surface area contributed by atoms with E-state index in [2.05, 4.69) is 13.2 Å². The first kappa shape index (κ1) is 12.3. The Morgan fingerprint density at radius 3 is 2.08 bits per heavy atom. The van der Waals surface area contributed by atoms with Crippen LogP contribution in [0.25, 0.3) is 0 Å². The van der Waals surface area contributed by atoms with Crippen molar-refractivity contribution in [2.45, 2.75) is 0 Å². The zero-order valence-corrected chi connectivity index (χ0v) is 9.19. The van der Waals surface area contributed by atoms with Gasteiger partial charge in [0.2, 0.25) is 0 Å². The lowest BCUT2D eigenvalue weighted by Crippen LogP contribution is -2.07. The predicted octanol–water partition coefficient (Wildman–Crippen LogP) is 1.70. The SMILES string of the molecule is C=C(/C=C\C(=C)S(=O)(=O)Cl)N(C)C. The Labute approximate surface area is 83.4 Å². The van der Waals surface area contributed by atoms with Gasteiger partial charge in [-0.05, 0) is 12.2 Å². The van der Waals surface area contributed by atoms with Crippen molar-refractivity contribution in [2.75, 3.05) is 14.1 Å². The minimum absolute atomic E-state index is 0.142. The molecule has 0 spiro atoms. The van der Waals surface area contributed by atoms with Gasteiger partial charge in [-0.2, -0.15) is 0 Å². The van der Waals surface area contributed by atoms with Gasteiger partial charge in [0.15, 0.2) is 0 Å². The van der Waals surface area contributed by atoms with Crippen LogP contribution in [0.2, 0.25) is 0 Å². The maximum absolute atomic E-state index is 10.7. The van der Waals surface area contributed by atoms with Crippen LogP contribution in [0.1, 0.15) is 0 Å². The molecule has 0 aliphatic heterocycles. The van der Waals surface area contributed by atoms with Gasteiger partial charge in [0.05, 0.1) is 4.91 Å². The van der Waals surface area contributed by atoms with E-state index in [1.54, 1.807) is 19.0 Å². The van der Waals surface area contributed by atoms with Crippen molar-refractivity contribution >= 4 is 19.7 Å². The van der Waals surface area contributed by atoms with Crippen LogP contribution in [0.15, 0.2) is 35.9 Å². The van der Waals surface area contributed by atoms with Crippen LogP contribution in [0.3, 0.4) is 0 Å². The van der Waals surface area contributed by atoms with Gasteiger partial charge in [-0.1, -0.05) is 13.2 Å². The molecule has 0 rings (SSSR count). The standard InChI is InChI=1S/C8H12ClNO2S/c1-7(10(3)4)5-6-8(2)13(9,11)12/h5-6H,1-2H2,3-4H3/b6-5-. The molecule has 5 heteroatoms. The molecule has 0 fully saturated rings. The number of halogens is 1. The lowest BCUT2D eigenvalue weighted by molar-refractivity contribution is 0.532. The minimum atomic E-state index is -3.69. The molecule has 0 heterocycles. The highest BCUT2D eigenvalue weighted by Gasteiger charge is 2.06. The third-order valence-corrected chi connectivity index (χ3v) is 2.71. The lowest BCUT2D eigenvalue weighted by Gasteiger charge is -2.10. The van der Waals surface area contributed by atoms with Crippen molar-refractivity contribution in [1.82, 2.24) is 4.90 Å². The van der Waals surface area contributed by atoms with Gasteiger partial charge in [-0.25, -0.2) is 8.42 Å². The second-order valence-corrected chi connectivity index (χ2v) is 5.24. The largest absolute Gasteiger partial charge is 0.378 e. The van der Waals surface area contributed by atoms with E-state index in [0.29, 0.717) is 5.70 Å². The highest BCUT2D eigenvalue weighted by atomic mass is 35.7. The van der Waals surface area contributed by atoms with E-state index in [1.807, 2.05) is 0 Å². The van der Waals surface area contributed by atoms with E-state index in [1.165, 1.54) is 12.2 Å². The van der Waals surface area contributed by atoms with Gasteiger partial charge in [0.25, 0.3) is 9.05 Å². The number of hydrogen-bond acceptors (Lipinski definition) is 3. The molecule has 3 nitrogen and oxygen atoms in total. The Bertz CT molecular complexity index is 341. The summed E-state index contributed by atoms with van der Waals surface area (Å²) < 4.78 is 21.4. The van der Waals surface area contributed by atoms with Crippen molar-refractivity contribution in [2.24, 2.45) is 0 Å². The van der Waals surface area contributed by atoms with E-state index in [0.717, 1.165) is 0 Å². The van der Waals surface area contributed by atoms with Crippen LogP contribution >= 0.6 is 10.7 Å². The van der Waals surface area contributed by atoms with Crippen LogP contribution < -0.4 is 0 Å². The second kappa shape index (κ2) is 4.48. The first-order valence-electron chi connectivity index (χ1n) is 3.43. The van der Waals surface area contributed by atoms with Gasteiger partial charge in [0.1, 0.15) is 0 Å². The summed E-state index contributed by atoms with van der Waals surface area (Å²) in [5.41, 5.74) is 0.668. The molecule has 0 aromatic heterocycles. The average molecular weight is 222 g/mol. The molecule has 0 N–H and O–H groups in total. The molecule has 0 amide bonds. The third-order valence-electron chi connectivity index (χ3n) is 1.35. The summed E-state index contributed by atoms with van der Waals surface area (Å²) in [5, 5.41) is 0. The normalized spacial score (nSPS) is 11.6. The number of nitrogens with zero attached hydrogens (tertiary/aromatic N) is 1. The smallest absolute Gasteiger partial charge is 0.260 e. The Balaban J connectivity index is 4.48. The van der Waals surface area contributed by atoms with E-state index in [-0.39, 0.29) is 4.91 Å². The fourth-order valence-electron chi connectivity index (χ4n) is 0.419. The van der Waals surface area contributed by atoms with Gasteiger partial charge in [0, 0.05) is 30.5 Å². The maximum atomic E-state index is 10.7. The van der Waals surface area contributed by atoms with Gasteiger partial charge >= 0.3 is 0 Å². The van der Waals surface area contributed by atoms with E-state index >= 15 is 0 Å². The van der Waals surface area contributed by atoms with Crippen molar-refractivity contribution < 1.29 is 8.42 Å². The summed E-state index contributed by atoms with van der Waals surface area (Å²) >= 11 is 0. The summed E-state index contributed by atoms with van der Waals surface area (Å²) in [6.07, 6.45) is 2.84. The molecule has 0 aliphatic rings. The first-order valence-corrected chi connectivity index (χ1v) is 5.74. The second-order valence-electron chi connectivity index (χ2n) is 2.62. The Morgan fingerprint density at radius 2 is 1.77 bits per heavy atom. The minimum Gasteiger partial charge on any atom is -0.378 e. The molecule has 0 atom stereocenters. The molecule has 0 aromatic carbocycles. The summed E-state index contributed by atoms with van der Waals surface area (Å²) in [6.45, 7) is 6.96. The molecule has 0 aromatic rings. The number of allylic oxidation sites excluding steroid dienone is 2. The molecular weight excluding hydrogens is 210 g/mol. The molecule has 0 radical (unpaired) electrons. The third kappa shape index (κ3) is 4.75. The Hall–Kier alpha value is -0.740. The van der Waals surface area contributed by atoms with Crippen LogP contribution in [-0.4, -0.2) is 27.4 Å². The molecule has 0 aliphatic carbocycles. The van der Waals surface area contributed by atoms with Gasteiger partial charge in [-0.3, -0.25) is 0 Å². The first-order chi connectivity index (χ1) is 5.75. The molecular formula is C8H12ClNO2S. The van der Waals surface area contributed by atoms with Crippen LogP contribution in [0.5, 0.6) is 0 Å². The quantitative estimate of drug-likeness (QED) is 0.536.